The van der Waals surface area contributed by atoms with Crippen molar-refractivity contribution >= 4 is 11.8 Å². The Morgan fingerprint density at radius 1 is 1.50 bits per heavy atom. The molecule has 2 rings (SSSR count). The third kappa shape index (κ3) is 2.61. The number of carboxylic acids is 1. The minimum atomic E-state index is -0.962. The number of hydrogen-bond acceptors (Lipinski definition) is 4. The fraction of sp³-hybridized carbons (Fsp3) is 0.538. The minimum absolute atomic E-state index is 0.0446. The van der Waals surface area contributed by atoms with Crippen molar-refractivity contribution in [3.63, 3.8) is 0 Å². The van der Waals surface area contributed by atoms with E-state index in [2.05, 4.69) is 10.3 Å². The van der Waals surface area contributed by atoms with Crippen LogP contribution in [0, 0.1) is 0 Å². The Bertz CT molecular complexity index is 467. The van der Waals surface area contributed by atoms with Crippen molar-refractivity contribution in [3.8, 4) is 0 Å². The Morgan fingerprint density at radius 3 is 2.61 bits per heavy atom. The molecule has 0 unspecified atom stereocenters. The summed E-state index contributed by atoms with van der Waals surface area (Å²) in [5.74, 6) is -0.268. The Kier molecular flexibility index (Phi) is 3.26. The second kappa shape index (κ2) is 4.57. The number of anilines is 1. The second-order valence-corrected chi connectivity index (χ2v) is 5.19. The molecule has 0 aliphatic heterocycles. The quantitative estimate of drug-likeness (QED) is 0.742. The summed E-state index contributed by atoms with van der Waals surface area (Å²) in [5.41, 5.74) is 0.675. The van der Waals surface area contributed by atoms with Gasteiger partial charge in [-0.05, 0) is 30.9 Å². The minimum Gasteiger partial charge on any atom is -0.478 e. The molecule has 0 atom stereocenters. The van der Waals surface area contributed by atoms with E-state index in [9.17, 15) is 9.90 Å². The number of aliphatic hydroxyl groups is 1. The maximum Gasteiger partial charge on any atom is 0.335 e. The molecule has 0 spiro atoms. The summed E-state index contributed by atoms with van der Waals surface area (Å²) < 4.78 is 0. The summed E-state index contributed by atoms with van der Waals surface area (Å²) in [4.78, 5) is 15.5. The van der Waals surface area contributed by atoms with E-state index in [1.807, 2.05) is 13.8 Å². The van der Waals surface area contributed by atoms with E-state index in [1.165, 1.54) is 6.07 Å². The molecular formula is C13H18N2O3. The molecule has 18 heavy (non-hydrogen) atoms. The van der Waals surface area contributed by atoms with E-state index in [0.717, 1.165) is 18.5 Å². The number of carbonyl (C=O) groups is 1. The third-order valence-corrected chi connectivity index (χ3v) is 3.23. The Balaban J connectivity index is 2.31. The maximum absolute atomic E-state index is 11.1. The van der Waals surface area contributed by atoms with Crippen LogP contribution in [-0.4, -0.2) is 33.3 Å². The normalized spacial score (nSPS) is 16.7. The van der Waals surface area contributed by atoms with Gasteiger partial charge in [0.25, 0.3) is 0 Å². The van der Waals surface area contributed by atoms with Crippen LogP contribution in [0.2, 0.25) is 0 Å². The molecule has 1 aromatic heterocycles. The van der Waals surface area contributed by atoms with Gasteiger partial charge in [-0.3, -0.25) is 0 Å². The van der Waals surface area contributed by atoms with Gasteiger partial charge in [0.15, 0.2) is 0 Å². The lowest BCUT2D eigenvalue weighted by Gasteiger charge is -2.17. The van der Waals surface area contributed by atoms with Crippen LogP contribution in [0.1, 0.15) is 48.7 Å². The smallest absolute Gasteiger partial charge is 0.335 e. The number of pyridine rings is 1. The molecule has 0 aromatic carbocycles. The van der Waals surface area contributed by atoms with Crippen molar-refractivity contribution in [1.29, 1.82) is 0 Å². The van der Waals surface area contributed by atoms with Crippen molar-refractivity contribution < 1.29 is 15.0 Å². The van der Waals surface area contributed by atoms with Gasteiger partial charge in [-0.15, -0.1) is 0 Å². The lowest BCUT2D eigenvalue weighted by atomic mass is 10.1. The Hall–Kier alpha value is -1.62. The van der Waals surface area contributed by atoms with E-state index in [-0.39, 0.29) is 23.6 Å². The van der Waals surface area contributed by atoms with Crippen molar-refractivity contribution in [2.75, 3.05) is 11.9 Å². The van der Waals surface area contributed by atoms with E-state index in [4.69, 9.17) is 5.11 Å². The van der Waals surface area contributed by atoms with Gasteiger partial charge in [-0.1, -0.05) is 13.8 Å². The first kappa shape index (κ1) is 12.8. The number of aromatic nitrogens is 1. The van der Waals surface area contributed by atoms with Gasteiger partial charge in [0, 0.05) is 5.69 Å². The molecule has 1 saturated carbocycles. The number of hydrogen-bond donors (Lipinski definition) is 3. The molecule has 5 nitrogen and oxygen atoms in total. The zero-order valence-electron chi connectivity index (χ0n) is 10.6. The largest absolute Gasteiger partial charge is 0.478 e. The van der Waals surface area contributed by atoms with Gasteiger partial charge in [0.05, 0.1) is 17.7 Å². The Morgan fingerprint density at radius 2 is 2.17 bits per heavy atom. The molecule has 0 bridgehead atoms. The molecule has 1 fully saturated rings. The molecule has 3 N–H and O–H groups in total. The topological polar surface area (TPSA) is 82.5 Å². The fourth-order valence-corrected chi connectivity index (χ4v) is 1.78. The molecule has 0 saturated heterocycles. The van der Waals surface area contributed by atoms with Crippen LogP contribution in [0.5, 0.6) is 0 Å². The van der Waals surface area contributed by atoms with E-state index >= 15 is 0 Å². The molecule has 1 aliphatic rings. The highest BCUT2D eigenvalue weighted by Crippen LogP contribution is 2.38. The summed E-state index contributed by atoms with van der Waals surface area (Å²) in [7, 11) is 0. The van der Waals surface area contributed by atoms with Gasteiger partial charge in [-0.2, -0.15) is 0 Å². The van der Waals surface area contributed by atoms with Gasteiger partial charge in [0.2, 0.25) is 0 Å². The first-order valence-corrected chi connectivity index (χ1v) is 6.10. The van der Waals surface area contributed by atoms with Crippen LogP contribution < -0.4 is 5.32 Å². The highest BCUT2D eigenvalue weighted by atomic mass is 16.4. The SMILES string of the molecule is CC(C)c1cc(C(=O)O)cc(NC2(CO)CC2)n1. The lowest BCUT2D eigenvalue weighted by molar-refractivity contribution is 0.0696. The molecule has 98 valence electrons. The first-order chi connectivity index (χ1) is 8.46. The summed E-state index contributed by atoms with van der Waals surface area (Å²) in [6.45, 7) is 3.98. The van der Waals surface area contributed by atoms with Gasteiger partial charge < -0.3 is 15.5 Å². The monoisotopic (exact) mass is 250 g/mol. The number of nitrogens with one attached hydrogen (secondary N) is 1. The number of rotatable bonds is 5. The van der Waals surface area contributed by atoms with Crippen molar-refractivity contribution in [3.05, 3.63) is 23.4 Å². The van der Waals surface area contributed by atoms with E-state index in [0.29, 0.717) is 5.82 Å². The molecule has 1 aliphatic carbocycles. The Labute approximate surface area is 106 Å². The maximum atomic E-state index is 11.1. The molecule has 5 heteroatoms. The zero-order valence-corrected chi connectivity index (χ0v) is 10.6. The van der Waals surface area contributed by atoms with E-state index < -0.39 is 5.97 Å². The number of aliphatic hydroxyl groups excluding tert-OH is 1. The number of carboxylic acid groups (broad SMARTS) is 1. The summed E-state index contributed by atoms with van der Waals surface area (Å²) >= 11 is 0. The first-order valence-electron chi connectivity index (χ1n) is 6.10. The average molecular weight is 250 g/mol. The summed E-state index contributed by atoms with van der Waals surface area (Å²) in [6, 6.07) is 3.11. The van der Waals surface area contributed by atoms with Crippen LogP contribution in [-0.2, 0) is 0 Å². The third-order valence-electron chi connectivity index (χ3n) is 3.23. The molecule has 1 heterocycles. The van der Waals surface area contributed by atoms with Crippen LogP contribution in [0.15, 0.2) is 12.1 Å². The number of aromatic carboxylic acids is 1. The van der Waals surface area contributed by atoms with Crippen molar-refractivity contribution in [2.24, 2.45) is 0 Å². The second-order valence-electron chi connectivity index (χ2n) is 5.19. The van der Waals surface area contributed by atoms with Gasteiger partial charge >= 0.3 is 5.97 Å². The molecule has 0 radical (unpaired) electrons. The van der Waals surface area contributed by atoms with Crippen LogP contribution in [0.3, 0.4) is 0 Å². The molecular weight excluding hydrogens is 232 g/mol. The number of nitrogens with zero attached hydrogens (tertiary/aromatic N) is 1. The van der Waals surface area contributed by atoms with Gasteiger partial charge in [0.1, 0.15) is 5.82 Å². The van der Waals surface area contributed by atoms with E-state index in [1.54, 1.807) is 6.07 Å². The van der Waals surface area contributed by atoms with Crippen molar-refractivity contribution in [2.45, 2.75) is 38.1 Å². The standard InChI is InChI=1S/C13H18N2O3/c1-8(2)10-5-9(12(17)18)6-11(14-10)15-13(7-16)3-4-13/h5-6,8,16H,3-4,7H2,1-2H3,(H,14,15)(H,17,18). The van der Waals surface area contributed by atoms with Crippen LogP contribution >= 0.6 is 0 Å². The predicted molar refractivity (Wildman–Crippen MR) is 68.0 cm³/mol. The average Bonchev–Trinajstić information content (AvgIpc) is 3.09. The lowest BCUT2D eigenvalue weighted by Crippen LogP contribution is -2.26. The van der Waals surface area contributed by atoms with Crippen LogP contribution in [0.25, 0.3) is 0 Å². The summed E-state index contributed by atoms with van der Waals surface area (Å²) in [5, 5.41) is 21.5. The molecule has 1 aromatic rings. The fourth-order valence-electron chi connectivity index (χ4n) is 1.78. The highest BCUT2D eigenvalue weighted by molar-refractivity contribution is 5.88. The highest BCUT2D eigenvalue weighted by Gasteiger charge is 2.42. The zero-order chi connectivity index (χ0) is 13.3. The van der Waals surface area contributed by atoms with Crippen LogP contribution in [0.4, 0.5) is 5.82 Å². The van der Waals surface area contributed by atoms with Crippen molar-refractivity contribution in [1.82, 2.24) is 4.98 Å². The predicted octanol–water partition coefficient (Wildman–Crippen LogP) is 1.84. The summed E-state index contributed by atoms with van der Waals surface area (Å²) in [6.07, 6.45) is 1.78. The molecule has 0 amide bonds. The van der Waals surface area contributed by atoms with Gasteiger partial charge in [-0.25, -0.2) is 9.78 Å².